The summed E-state index contributed by atoms with van der Waals surface area (Å²) in [6.07, 6.45) is 0.262. The zero-order chi connectivity index (χ0) is 17.6. The number of nitrogens with one attached hydrogen (secondary N) is 2. The van der Waals surface area contributed by atoms with Crippen molar-refractivity contribution in [3.8, 4) is 5.75 Å². The third-order valence-electron chi connectivity index (χ3n) is 3.31. The average molecular weight is 348 g/mol. The van der Waals surface area contributed by atoms with Crippen LogP contribution in [0.5, 0.6) is 5.75 Å². The van der Waals surface area contributed by atoms with Gasteiger partial charge in [-0.2, -0.15) is 0 Å². The second kappa shape index (κ2) is 7.83. The number of carbonyl (C=O) groups excluding carboxylic acids is 1. The fourth-order valence-electron chi connectivity index (χ4n) is 1.94. The van der Waals surface area contributed by atoms with Crippen LogP contribution in [0.1, 0.15) is 12.0 Å². The number of benzene rings is 2. The van der Waals surface area contributed by atoms with Crippen LogP contribution in [-0.4, -0.2) is 28.0 Å². The molecule has 2 rings (SSSR count). The maximum absolute atomic E-state index is 12.3. The van der Waals surface area contributed by atoms with Gasteiger partial charge in [0.05, 0.1) is 17.9 Å². The van der Waals surface area contributed by atoms with Crippen molar-refractivity contribution in [3.05, 3.63) is 54.1 Å². The minimum Gasteiger partial charge on any atom is -0.493 e. The molecular weight excluding hydrogens is 328 g/mol. The van der Waals surface area contributed by atoms with E-state index in [0.717, 1.165) is 5.56 Å². The molecule has 0 spiro atoms. The van der Waals surface area contributed by atoms with Crippen LogP contribution in [0, 0.1) is 6.92 Å². The normalized spacial score (nSPS) is 10.9. The van der Waals surface area contributed by atoms with E-state index in [-0.39, 0.29) is 23.8 Å². The fourth-order valence-corrected chi connectivity index (χ4v) is 3.00. The van der Waals surface area contributed by atoms with E-state index in [1.807, 2.05) is 6.92 Å². The van der Waals surface area contributed by atoms with E-state index in [9.17, 15) is 13.2 Å². The molecule has 2 aromatic carbocycles. The van der Waals surface area contributed by atoms with Crippen molar-refractivity contribution in [2.24, 2.45) is 0 Å². The summed E-state index contributed by atoms with van der Waals surface area (Å²) in [6, 6.07) is 13.1. The SMILES string of the molecule is CNC(=O)CCOc1ccc(NS(=O)(=O)c2ccc(C)cc2)cc1. The van der Waals surface area contributed by atoms with Crippen LogP contribution in [0.4, 0.5) is 5.69 Å². The molecule has 0 saturated carbocycles. The molecule has 0 atom stereocenters. The summed E-state index contributed by atoms with van der Waals surface area (Å²) in [4.78, 5) is 11.3. The van der Waals surface area contributed by atoms with Gasteiger partial charge in [-0.3, -0.25) is 9.52 Å². The van der Waals surface area contributed by atoms with Gasteiger partial charge in [0.1, 0.15) is 5.75 Å². The minimum absolute atomic E-state index is 0.0996. The Balaban J connectivity index is 1.98. The molecule has 2 aromatic rings. The number of sulfonamides is 1. The summed E-state index contributed by atoms with van der Waals surface area (Å²) >= 11 is 0. The van der Waals surface area contributed by atoms with E-state index in [1.54, 1.807) is 55.6 Å². The molecular formula is C17H20N2O4S. The molecule has 0 bridgehead atoms. The van der Waals surface area contributed by atoms with Gasteiger partial charge in [-0.15, -0.1) is 0 Å². The van der Waals surface area contributed by atoms with Crippen LogP contribution in [-0.2, 0) is 14.8 Å². The molecule has 0 radical (unpaired) electrons. The van der Waals surface area contributed by atoms with Crippen LogP contribution in [0.15, 0.2) is 53.4 Å². The Kier molecular flexibility index (Phi) is 5.81. The van der Waals surface area contributed by atoms with Crippen molar-refractivity contribution < 1.29 is 17.9 Å². The first-order chi connectivity index (χ1) is 11.4. The minimum atomic E-state index is -3.62. The molecule has 0 aromatic heterocycles. The molecule has 0 unspecified atom stereocenters. The number of hydrogen-bond acceptors (Lipinski definition) is 4. The first-order valence-electron chi connectivity index (χ1n) is 7.43. The van der Waals surface area contributed by atoms with Gasteiger partial charge in [-0.05, 0) is 43.3 Å². The highest BCUT2D eigenvalue weighted by Crippen LogP contribution is 2.20. The first kappa shape index (κ1) is 17.8. The van der Waals surface area contributed by atoms with E-state index in [2.05, 4.69) is 10.0 Å². The van der Waals surface area contributed by atoms with Crippen LogP contribution in [0.25, 0.3) is 0 Å². The van der Waals surface area contributed by atoms with Gasteiger partial charge in [-0.1, -0.05) is 17.7 Å². The average Bonchev–Trinajstić information content (AvgIpc) is 2.56. The number of hydrogen-bond donors (Lipinski definition) is 2. The van der Waals surface area contributed by atoms with E-state index in [0.29, 0.717) is 11.4 Å². The van der Waals surface area contributed by atoms with Crippen molar-refractivity contribution in [1.82, 2.24) is 5.32 Å². The summed E-state index contributed by atoms with van der Waals surface area (Å²) in [6.45, 7) is 2.15. The molecule has 2 N–H and O–H groups in total. The van der Waals surface area contributed by atoms with Crippen molar-refractivity contribution in [2.75, 3.05) is 18.4 Å². The summed E-state index contributed by atoms with van der Waals surface area (Å²) in [5.41, 5.74) is 1.43. The predicted molar refractivity (Wildman–Crippen MR) is 92.6 cm³/mol. The molecule has 0 aliphatic carbocycles. The van der Waals surface area contributed by atoms with Gasteiger partial charge in [0.15, 0.2) is 0 Å². The first-order valence-corrected chi connectivity index (χ1v) is 8.92. The lowest BCUT2D eigenvalue weighted by Crippen LogP contribution is -2.20. The molecule has 0 aliphatic rings. The molecule has 1 amide bonds. The van der Waals surface area contributed by atoms with Crippen LogP contribution >= 0.6 is 0 Å². The van der Waals surface area contributed by atoms with Gasteiger partial charge < -0.3 is 10.1 Å². The molecule has 0 aliphatic heterocycles. The zero-order valence-corrected chi connectivity index (χ0v) is 14.4. The van der Waals surface area contributed by atoms with Gasteiger partial charge >= 0.3 is 0 Å². The lowest BCUT2D eigenvalue weighted by Gasteiger charge is -2.10. The number of ether oxygens (including phenoxy) is 1. The van der Waals surface area contributed by atoms with Gasteiger partial charge in [0.25, 0.3) is 10.0 Å². The van der Waals surface area contributed by atoms with Crippen molar-refractivity contribution in [3.63, 3.8) is 0 Å². The number of rotatable bonds is 7. The van der Waals surface area contributed by atoms with Crippen molar-refractivity contribution >= 4 is 21.6 Å². The lowest BCUT2D eigenvalue weighted by molar-refractivity contribution is -0.121. The second-order valence-electron chi connectivity index (χ2n) is 5.21. The summed E-state index contributed by atoms with van der Waals surface area (Å²) < 4.78 is 32.5. The second-order valence-corrected chi connectivity index (χ2v) is 6.90. The highest BCUT2D eigenvalue weighted by atomic mass is 32.2. The van der Waals surface area contributed by atoms with Crippen LogP contribution < -0.4 is 14.8 Å². The number of carbonyl (C=O) groups is 1. The Labute approximate surface area is 141 Å². The van der Waals surface area contributed by atoms with Gasteiger partial charge in [-0.25, -0.2) is 8.42 Å². The molecule has 6 nitrogen and oxygen atoms in total. The topological polar surface area (TPSA) is 84.5 Å². The third kappa shape index (κ3) is 4.99. The third-order valence-corrected chi connectivity index (χ3v) is 4.71. The van der Waals surface area contributed by atoms with E-state index >= 15 is 0 Å². The number of aryl methyl sites for hydroxylation is 1. The molecule has 24 heavy (non-hydrogen) atoms. The van der Waals surface area contributed by atoms with Crippen LogP contribution in [0.3, 0.4) is 0 Å². The molecule has 0 fully saturated rings. The quantitative estimate of drug-likeness (QED) is 0.804. The fraction of sp³-hybridized carbons (Fsp3) is 0.235. The Morgan fingerprint density at radius 1 is 1.04 bits per heavy atom. The van der Waals surface area contributed by atoms with Crippen molar-refractivity contribution in [2.45, 2.75) is 18.2 Å². The monoisotopic (exact) mass is 348 g/mol. The molecule has 0 saturated heterocycles. The highest BCUT2D eigenvalue weighted by Gasteiger charge is 2.13. The molecule has 7 heteroatoms. The van der Waals surface area contributed by atoms with E-state index < -0.39 is 10.0 Å². The Bertz CT molecular complexity index is 784. The Hall–Kier alpha value is -2.54. The summed E-state index contributed by atoms with van der Waals surface area (Å²) in [5.74, 6) is 0.467. The Morgan fingerprint density at radius 3 is 2.25 bits per heavy atom. The zero-order valence-electron chi connectivity index (χ0n) is 13.6. The van der Waals surface area contributed by atoms with E-state index in [1.165, 1.54) is 0 Å². The van der Waals surface area contributed by atoms with Gasteiger partial charge in [0.2, 0.25) is 5.91 Å². The van der Waals surface area contributed by atoms with Crippen molar-refractivity contribution in [1.29, 1.82) is 0 Å². The summed E-state index contributed by atoms with van der Waals surface area (Å²) in [5, 5.41) is 2.51. The predicted octanol–water partition coefficient (Wildman–Crippen LogP) is 2.31. The molecule has 128 valence electrons. The van der Waals surface area contributed by atoms with Gasteiger partial charge in [0, 0.05) is 12.7 Å². The number of anilines is 1. The lowest BCUT2D eigenvalue weighted by atomic mass is 10.2. The number of amides is 1. The Morgan fingerprint density at radius 2 is 1.67 bits per heavy atom. The van der Waals surface area contributed by atoms with Crippen LogP contribution in [0.2, 0.25) is 0 Å². The standard InChI is InChI=1S/C17H20N2O4S/c1-13-3-9-16(10-4-13)24(21,22)19-14-5-7-15(8-6-14)23-12-11-17(20)18-2/h3-10,19H,11-12H2,1-2H3,(H,18,20). The van der Waals surface area contributed by atoms with E-state index in [4.69, 9.17) is 4.74 Å². The largest absolute Gasteiger partial charge is 0.493 e. The highest BCUT2D eigenvalue weighted by molar-refractivity contribution is 7.92. The smallest absolute Gasteiger partial charge is 0.261 e. The summed E-state index contributed by atoms with van der Waals surface area (Å²) in [7, 11) is -2.05. The molecule has 0 heterocycles. The maximum Gasteiger partial charge on any atom is 0.261 e. The maximum atomic E-state index is 12.3.